The Bertz CT molecular complexity index is 727. The van der Waals surface area contributed by atoms with Gasteiger partial charge in [0.05, 0.1) is 28.9 Å². The Kier molecular flexibility index (Phi) is 8.07. The van der Waals surface area contributed by atoms with Crippen molar-refractivity contribution < 1.29 is 14.3 Å². The predicted molar refractivity (Wildman–Crippen MR) is 107 cm³/mol. The number of unbranched alkanes of at least 4 members (excludes halogenated alkanes) is 2. The van der Waals surface area contributed by atoms with Gasteiger partial charge in [-0.25, -0.2) is 0 Å². The smallest absolute Gasteiger partial charge is 0.255 e. The Morgan fingerprint density at radius 3 is 2.38 bits per heavy atom. The van der Waals surface area contributed by atoms with Crippen LogP contribution in [0.25, 0.3) is 0 Å². The summed E-state index contributed by atoms with van der Waals surface area (Å²) in [4.78, 5) is 12.6. The summed E-state index contributed by atoms with van der Waals surface area (Å²) in [5.74, 6) is 0.700. The number of amides is 1. The van der Waals surface area contributed by atoms with Gasteiger partial charge in [-0.2, -0.15) is 0 Å². The lowest BCUT2D eigenvalue weighted by molar-refractivity contribution is 0.102. The molecule has 0 bridgehead atoms. The van der Waals surface area contributed by atoms with E-state index < -0.39 is 0 Å². The Hall–Kier alpha value is -1.91. The number of rotatable bonds is 9. The van der Waals surface area contributed by atoms with Gasteiger partial charge in [0.25, 0.3) is 5.91 Å². The highest BCUT2D eigenvalue weighted by Crippen LogP contribution is 2.35. The van der Waals surface area contributed by atoms with E-state index >= 15 is 0 Å². The first-order valence-electron chi connectivity index (χ1n) is 8.71. The summed E-state index contributed by atoms with van der Waals surface area (Å²) in [7, 11) is 0. The number of carbonyl (C=O) groups excluding carboxylic acids is 1. The van der Waals surface area contributed by atoms with Crippen molar-refractivity contribution in [1.29, 1.82) is 0 Å². The first kappa shape index (κ1) is 20.4. The van der Waals surface area contributed by atoms with Crippen LogP contribution in [-0.4, -0.2) is 19.1 Å². The lowest BCUT2D eigenvalue weighted by atomic mass is 10.2. The molecule has 0 spiro atoms. The molecule has 0 aliphatic rings. The summed E-state index contributed by atoms with van der Waals surface area (Å²) in [6, 6.07) is 10.4. The van der Waals surface area contributed by atoms with E-state index in [1.54, 1.807) is 24.3 Å². The first-order valence-corrected chi connectivity index (χ1v) is 9.47. The number of halogens is 2. The molecule has 1 N–H and O–H groups in total. The van der Waals surface area contributed by atoms with E-state index in [-0.39, 0.29) is 5.91 Å². The number of hydrogen-bond acceptors (Lipinski definition) is 3. The number of para-hydroxylation sites is 2. The molecule has 4 nitrogen and oxygen atoms in total. The van der Waals surface area contributed by atoms with Gasteiger partial charge in [0.15, 0.2) is 5.75 Å². The van der Waals surface area contributed by atoms with Gasteiger partial charge < -0.3 is 14.8 Å². The van der Waals surface area contributed by atoms with E-state index in [4.69, 9.17) is 32.7 Å². The van der Waals surface area contributed by atoms with Crippen molar-refractivity contribution in [3.63, 3.8) is 0 Å². The Labute approximate surface area is 164 Å². The molecule has 0 saturated carbocycles. The van der Waals surface area contributed by atoms with Crippen LogP contribution in [-0.2, 0) is 0 Å². The van der Waals surface area contributed by atoms with Gasteiger partial charge in [0.1, 0.15) is 5.75 Å². The van der Waals surface area contributed by atoms with Crippen LogP contribution in [0.15, 0.2) is 36.4 Å². The highest BCUT2D eigenvalue weighted by molar-refractivity contribution is 6.37. The third-order valence-electron chi connectivity index (χ3n) is 3.69. The summed E-state index contributed by atoms with van der Waals surface area (Å²) in [5.41, 5.74) is 0.943. The molecular formula is C20H23Cl2NO3. The highest BCUT2D eigenvalue weighted by Gasteiger charge is 2.15. The van der Waals surface area contributed by atoms with Crippen molar-refractivity contribution >= 4 is 34.8 Å². The molecule has 140 valence electrons. The standard InChI is InChI=1S/C20H23Cl2NO3/c1-3-5-8-11-26-19-15(21)12-14(13-16(19)22)20(24)23-17-9-6-7-10-18(17)25-4-2/h6-7,9-10,12-13H,3-5,8,11H2,1-2H3,(H,23,24). The van der Waals surface area contributed by atoms with Crippen LogP contribution >= 0.6 is 23.2 Å². The van der Waals surface area contributed by atoms with Gasteiger partial charge in [-0.1, -0.05) is 55.1 Å². The average Bonchev–Trinajstić information content (AvgIpc) is 2.62. The van der Waals surface area contributed by atoms with E-state index in [2.05, 4.69) is 12.2 Å². The van der Waals surface area contributed by atoms with E-state index in [9.17, 15) is 4.79 Å². The van der Waals surface area contributed by atoms with Crippen LogP contribution in [0, 0.1) is 0 Å². The zero-order valence-corrected chi connectivity index (χ0v) is 16.5. The SMILES string of the molecule is CCCCCOc1c(Cl)cc(C(=O)Nc2ccccc2OCC)cc1Cl. The quantitative estimate of drug-likeness (QED) is 0.513. The Balaban J connectivity index is 2.12. The second-order valence-electron chi connectivity index (χ2n) is 5.71. The van der Waals surface area contributed by atoms with E-state index in [0.29, 0.717) is 46.0 Å². The molecule has 0 fully saturated rings. The molecule has 1 amide bonds. The number of nitrogens with one attached hydrogen (secondary N) is 1. The maximum Gasteiger partial charge on any atom is 0.255 e. The predicted octanol–water partition coefficient (Wildman–Crippen LogP) is 6.21. The second-order valence-corrected chi connectivity index (χ2v) is 6.52. The molecule has 0 aliphatic heterocycles. The summed E-state index contributed by atoms with van der Waals surface area (Å²) in [6.45, 7) is 5.06. The third kappa shape index (κ3) is 5.55. The number of benzene rings is 2. The maximum absolute atomic E-state index is 12.6. The minimum Gasteiger partial charge on any atom is -0.492 e. The van der Waals surface area contributed by atoms with Gasteiger partial charge in [0, 0.05) is 5.56 Å². The third-order valence-corrected chi connectivity index (χ3v) is 4.25. The van der Waals surface area contributed by atoms with Crippen LogP contribution in [0.5, 0.6) is 11.5 Å². The number of hydrogen-bond donors (Lipinski definition) is 1. The van der Waals surface area contributed by atoms with E-state index in [1.807, 2.05) is 19.1 Å². The molecule has 0 atom stereocenters. The lowest BCUT2D eigenvalue weighted by Gasteiger charge is -2.13. The van der Waals surface area contributed by atoms with Crippen molar-refractivity contribution in [2.45, 2.75) is 33.1 Å². The van der Waals surface area contributed by atoms with Crippen molar-refractivity contribution in [1.82, 2.24) is 0 Å². The molecule has 2 aromatic rings. The van der Waals surface area contributed by atoms with Crippen molar-refractivity contribution in [3.8, 4) is 11.5 Å². The Morgan fingerprint density at radius 1 is 1.04 bits per heavy atom. The van der Waals surface area contributed by atoms with Gasteiger partial charge in [-0.05, 0) is 37.6 Å². The maximum atomic E-state index is 12.6. The average molecular weight is 396 g/mol. The fourth-order valence-electron chi connectivity index (χ4n) is 2.40. The molecule has 0 heterocycles. The first-order chi connectivity index (χ1) is 12.6. The summed E-state index contributed by atoms with van der Waals surface area (Å²) < 4.78 is 11.2. The molecule has 0 unspecified atom stereocenters. The van der Waals surface area contributed by atoms with Crippen LogP contribution in [0.2, 0.25) is 10.0 Å². The van der Waals surface area contributed by atoms with Crippen LogP contribution < -0.4 is 14.8 Å². The van der Waals surface area contributed by atoms with Gasteiger partial charge in [-0.15, -0.1) is 0 Å². The van der Waals surface area contributed by atoms with Crippen LogP contribution in [0.4, 0.5) is 5.69 Å². The summed E-state index contributed by atoms with van der Waals surface area (Å²) in [6.07, 6.45) is 3.11. The molecule has 0 radical (unpaired) electrons. The fourth-order valence-corrected chi connectivity index (χ4v) is 3.00. The van der Waals surface area contributed by atoms with Crippen molar-refractivity contribution in [2.75, 3.05) is 18.5 Å². The molecule has 0 aliphatic carbocycles. The molecule has 0 aromatic heterocycles. The second kappa shape index (κ2) is 10.3. The van der Waals surface area contributed by atoms with Crippen LogP contribution in [0.3, 0.4) is 0 Å². The molecule has 2 aromatic carbocycles. The highest BCUT2D eigenvalue weighted by atomic mass is 35.5. The monoisotopic (exact) mass is 395 g/mol. The molecular weight excluding hydrogens is 373 g/mol. The molecule has 26 heavy (non-hydrogen) atoms. The minimum atomic E-state index is -0.321. The Morgan fingerprint density at radius 2 is 1.73 bits per heavy atom. The molecule has 2 rings (SSSR count). The van der Waals surface area contributed by atoms with Gasteiger partial charge in [-0.3, -0.25) is 4.79 Å². The zero-order chi connectivity index (χ0) is 18.9. The van der Waals surface area contributed by atoms with Gasteiger partial charge >= 0.3 is 0 Å². The summed E-state index contributed by atoms with van der Waals surface area (Å²) >= 11 is 12.5. The van der Waals surface area contributed by atoms with Gasteiger partial charge in [0.2, 0.25) is 0 Å². The number of ether oxygens (including phenoxy) is 2. The fraction of sp³-hybridized carbons (Fsp3) is 0.350. The molecule has 6 heteroatoms. The molecule has 0 saturated heterocycles. The topological polar surface area (TPSA) is 47.6 Å². The van der Waals surface area contributed by atoms with Crippen LogP contribution in [0.1, 0.15) is 43.5 Å². The van der Waals surface area contributed by atoms with Crippen molar-refractivity contribution in [2.24, 2.45) is 0 Å². The number of anilines is 1. The number of carbonyl (C=O) groups is 1. The normalized spacial score (nSPS) is 10.5. The summed E-state index contributed by atoms with van der Waals surface area (Å²) in [5, 5.41) is 3.46. The van der Waals surface area contributed by atoms with Crippen molar-refractivity contribution in [3.05, 3.63) is 52.0 Å². The zero-order valence-electron chi connectivity index (χ0n) is 15.0. The minimum absolute atomic E-state index is 0.317. The van der Waals surface area contributed by atoms with E-state index in [1.165, 1.54) is 0 Å². The van der Waals surface area contributed by atoms with E-state index in [0.717, 1.165) is 19.3 Å². The lowest BCUT2D eigenvalue weighted by Crippen LogP contribution is -2.13. The largest absolute Gasteiger partial charge is 0.492 e.